The molecule has 17 aromatic rings. The number of aromatic nitrogens is 1. The van der Waals surface area contributed by atoms with Crippen molar-refractivity contribution in [3.05, 3.63) is 453 Å². The SMILES string of the molecule is NC(=NC(CCc1cc(S(c2ccc(/C3=C/C=C\CC#CC3)cc2)(c2ccc(-c3ccccc3)cc2)c2ccc(-c3ccccc3)cc2)cc(S(c2ccc(-c3ccccc3)cc2)(c2ccc(-c3ccccc3)cc2)c2ccc(-c3ccccc3)cc2)c1)n1c2ccccc2c2ccccc21)c1cccc(-c2ccccc2)c1. The van der Waals surface area contributed by atoms with Crippen LogP contribution in [0.1, 0.15) is 42.1 Å². The second-order valence-electron chi connectivity index (χ2n) is 28.8. The van der Waals surface area contributed by atoms with Crippen LogP contribution in [-0.4, -0.2) is 10.4 Å². The lowest BCUT2D eigenvalue weighted by Gasteiger charge is -2.46. The fourth-order valence-electron chi connectivity index (χ4n) is 16.4. The van der Waals surface area contributed by atoms with Crippen LogP contribution < -0.4 is 5.73 Å². The molecule has 0 aliphatic heterocycles. The highest BCUT2D eigenvalue weighted by Crippen LogP contribution is 2.78. The van der Waals surface area contributed by atoms with Crippen LogP contribution in [0.3, 0.4) is 0 Å². The van der Waals surface area contributed by atoms with Crippen molar-refractivity contribution in [1.29, 1.82) is 0 Å². The van der Waals surface area contributed by atoms with E-state index in [2.05, 4.69) is 453 Å². The Balaban J connectivity index is 0.945. The number of para-hydroxylation sites is 2. The molecule has 0 saturated heterocycles. The minimum atomic E-state index is -2.57. The highest BCUT2D eigenvalue weighted by atomic mass is 32.3. The van der Waals surface area contributed by atoms with Crippen LogP contribution in [0.5, 0.6) is 0 Å². The number of aliphatic imine (C=N–C) groups is 1. The Morgan fingerprint density at radius 1 is 0.310 bits per heavy atom. The molecule has 0 amide bonds. The highest BCUT2D eigenvalue weighted by Gasteiger charge is 2.39. The molecule has 0 fully saturated rings. The second-order valence-corrected chi connectivity index (χ2v) is 35.0. The summed E-state index contributed by atoms with van der Waals surface area (Å²) in [5.41, 5.74) is 28.0. The number of fused-ring (bicyclic) bond motifs is 3. The lowest BCUT2D eigenvalue weighted by atomic mass is 10.0. The molecule has 0 bridgehead atoms. The lowest BCUT2D eigenvalue weighted by Crippen LogP contribution is -2.18. The van der Waals surface area contributed by atoms with Crippen LogP contribution in [0.15, 0.2) is 481 Å². The Kier molecular flexibility index (Phi) is 20.3. The predicted molar refractivity (Wildman–Crippen MR) is 477 cm³/mol. The molecule has 542 valence electrons. The summed E-state index contributed by atoms with van der Waals surface area (Å²) in [5.74, 6) is 7.36. The van der Waals surface area contributed by atoms with E-state index in [0.29, 0.717) is 25.1 Å². The molecule has 18 rings (SSSR count). The van der Waals surface area contributed by atoms with Gasteiger partial charge in [-0.25, -0.2) is 4.99 Å². The minimum Gasteiger partial charge on any atom is -0.383 e. The third-order valence-electron chi connectivity index (χ3n) is 22.0. The maximum absolute atomic E-state index is 7.60. The fourth-order valence-corrected chi connectivity index (χ4v) is 24.3. The summed E-state index contributed by atoms with van der Waals surface area (Å²) in [7, 11) is -5.13. The van der Waals surface area contributed by atoms with Gasteiger partial charge in [0.25, 0.3) is 0 Å². The van der Waals surface area contributed by atoms with Crippen molar-refractivity contribution in [1.82, 2.24) is 4.57 Å². The summed E-state index contributed by atoms with van der Waals surface area (Å²) in [5, 5.41) is 2.35. The van der Waals surface area contributed by atoms with Crippen LogP contribution in [0.2, 0.25) is 0 Å². The first-order valence-electron chi connectivity index (χ1n) is 38.9. The Morgan fingerprint density at radius 2 is 0.628 bits per heavy atom. The number of nitrogens with zero attached hydrogens (tertiary/aromatic N) is 2. The molecule has 3 nitrogen and oxygen atoms in total. The molecule has 5 heteroatoms. The standard InChI is InChI=1S/C108H83N3S2/c109-108(94-44-28-43-93(77-94)86-41-22-9-23-42-86)110-107(111-105-47-26-24-45-103(105)104-46-25-27-48-106(104)111)74-49-79-75-101(112(96-64-52-88(53-65-96)81-31-12-4-13-32-81,97-66-54-89(55-67-97)82-33-14-5-15-34-82)95-62-50-87(51-63-95)80-29-10-2-1-3-11-30-80)78-102(76-79)113(98-68-56-90(57-69-98)83-35-16-6-17-36-83,99-70-58-91(59-71-99)84-37-18-7-19-38-84)100-72-60-92(61-73-100)85-39-20-8-21-40-85/h2,4-10,12-29,31-48,50-73,75-78,107H,1,30,49,74H2,(H2,109,110)/b10-2-,80-29+. The van der Waals surface area contributed by atoms with Gasteiger partial charge in [0, 0.05) is 68.3 Å². The number of hydrogen-bond donors (Lipinski definition) is 1. The first kappa shape index (κ1) is 71.2. The van der Waals surface area contributed by atoms with E-state index in [-0.39, 0.29) is 0 Å². The first-order chi connectivity index (χ1) is 55.9. The van der Waals surface area contributed by atoms with Crippen LogP contribution >= 0.6 is 20.1 Å². The topological polar surface area (TPSA) is 43.3 Å². The highest BCUT2D eigenvalue weighted by molar-refractivity contribution is 8.34. The summed E-state index contributed by atoms with van der Waals surface area (Å²) in [4.78, 5) is 15.6. The Morgan fingerprint density at radius 3 is 1.00 bits per heavy atom. The zero-order valence-electron chi connectivity index (χ0n) is 62.8. The third-order valence-corrected chi connectivity index (χ3v) is 29.8. The average Bonchev–Trinajstić information content (AvgIpc) is 1.33. The van der Waals surface area contributed by atoms with E-state index in [1.54, 1.807) is 0 Å². The van der Waals surface area contributed by atoms with Gasteiger partial charge in [-0.1, -0.05) is 339 Å². The zero-order valence-corrected chi connectivity index (χ0v) is 64.4. The lowest BCUT2D eigenvalue weighted by molar-refractivity contribution is 0.512. The monoisotopic (exact) mass is 1490 g/mol. The maximum atomic E-state index is 7.60. The van der Waals surface area contributed by atoms with Crippen LogP contribution in [-0.2, 0) is 6.42 Å². The molecule has 0 spiro atoms. The molecule has 1 aromatic heterocycles. The Labute approximate surface area is 666 Å². The van der Waals surface area contributed by atoms with Gasteiger partial charge in [-0.05, 0) is 205 Å². The van der Waals surface area contributed by atoms with Gasteiger partial charge < -0.3 is 10.3 Å². The number of nitrogens with two attached hydrogens (primary N) is 1. The van der Waals surface area contributed by atoms with Crippen molar-refractivity contribution >= 4 is 53.3 Å². The minimum absolute atomic E-state index is 0.464. The van der Waals surface area contributed by atoms with E-state index in [1.807, 2.05) is 0 Å². The number of allylic oxidation sites excluding steroid dienone is 4. The zero-order chi connectivity index (χ0) is 75.8. The van der Waals surface area contributed by atoms with E-state index >= 15 is 0 Å². The number of amidine groups is 1. The number of aryl methyl sites for hydroxylation is 1. The van der Waals surface area contributed by atoms with E-state index in [1.165, 1.54) is 88.9 Å². The van der Waals surface area contributed by atoms with Gasteiger partial charge in [0.2, 0.25) is 0 Å². The molecular formula is C108H83N3S2. The summed E-state index contributed by atoms with van der Waals surface area (Å²) in [6.45, 7) is 0. The number of benzene rings is 16. The van der Waals surface area contributed by atoms with Gasteiger partial charge in [0.15, 0.2) is 0 Å². The van der Waals surface area contributed by atoms with Crippen molar-refractivity contribution < 1.29 is 0 Å². The molecule has 1 unspecified atom stereocenters. The smallest absolute Gasteiger partial charge is 0.128 e. The molecule has 16 aromatic carbocycles. The molecule has 1 heterocycles. The Bertz CT molecular complexity index is 6010. The quantitative estimate of drug-likeness (QED) is 0.0435. The maximum Gasteiger partial charge on any atom is 0.128 e. The van der Waals surface area contributed by atoms with E-state index in [0.717, 1.165) is 67.5 Å². The van der Waals surface area contributed by atoms with E-state index < -0.39 is 26.2 Å². The molecular weight excluding hydrogens is 1400 g/mol. The Hall–Kier alpha value is -13.5. The third kappa shape index (κ3) is 14.3. The molecule has 2 N–H and O–H groups in total. The number of rotatable bonds is 21. The van der Waals surface area contributed by atoms with E-state index in [4.69, 9.17) is 10.7 Å². The molecule has 0 saturated carbocycles. The van der Waals surface area contributed by atoms with Gasteiger partial charge in [0.05, 0.1) is 11.0 Å². The molecule has 0 radical (unpaired) electrons. The second kappa shape index (κ2) is 32.2. The predicted octanol–water partition coefficient (Wildman–Crippen LogP) is 28.8. The summed E-state index contributed by atoms with van der Waals surface area (Å²) in [6.07, 6.45) is 8.74. The van der Waals surface area contributed by atoms with Gasteiger partial charge in [-0.3, -0.25) is 0 Å². The molecule has 1 aliphatic carbocycles. The van der Waals surface area contributed by atoms with Crippen LogP contribution in [0.25, 0.3) is 94.1 Å². The average molecular weight is 1490 g/mol. The summed E-state index contributed by atoms with van der Waals surface area (Å²) < 4.78 is 2.46. The fraction of sp³-hybridized carbons (Fsp3) is 0.0463. The van der Waals surface area contributed by atoms with Gasteiger partial charge in [-0.15, -0.1) is 20.1 Å². The normalized spacial score (nSPS) is 13.7. The van der Waals surface area contributed by atoms with Crippen molar-refractivity contribution in [2.75, 3.05) is 0 Å². The summed E-state index contributed by atoms with van der Waals surface area (Å²) >= 11 is 0. The van der Waals surface area contributed by atoms with Gasteiger partial charge in [-0.2, -0.15) is 0 Å². The van der Waals surface area contributed by atoms with E-state index in [9.17, 15) is 0 Å². The van der Waals surface area contributed by atoms with Crippen molar-refractivity contribution in [3.8, 4) is 78.6 Å². The first-order valence-corrected chi connectivity index (χ1v) is 42.2. The van der Waals surface area contributed by atoms with Crippen molar-refractivity contribution in [2.45, 2.75) is 71.0 Å². The molecule has 1 aliphatic rings. The van der Waals surface area contributed by atoms with Crippen LogP contribution in [0.4, 0.5) is 0 Å². The van der Waals surface area contributed by atoms with Crippen molar-refractivity contribution in [2.24, 2.45) is 10.7 Å². The van der Waals surface area contributed by atoms with Crippen molar-refractivity contribution in [3.63, 3.8) is 0 Å². The molecule has 1 atom stereocenters. The van der Waals surface area contributed by atoms with Gasteiger partial charge in [0.1, 0.15) is 12.0 Å². The largest absolute Gasteiger partial charge is 0.383 e. The summed E-state index contributed by atoms with van der Waals surface area (Å²) in [6, 6.07) is 156. The van der Waals surface area contributed by atoms with Gasteiger partial charge >= 0.3 is 0 Å². The molecule has 113 heavy (non-hydrogen) atoms. The number of hydrogen-bond acceptors (Lipinski definition) is 1. The van der Waals surface area contributed by atoms with Crippen LogP contribution in [0, 0.1) is 11.8 Å².